The summed E-state index contributed by atoms with van der Waals surface area (Å²) in [4.78, 5) is 8.88. The first-order valence-electron chi connectivity index (χ1n) is 7.92. The van der Waals surface area contributed by atoms with Crippen LogP contribution >= 0.6 is 11.3 Å². The minimum absolute atomic E-state index is 0.479. The Balaban J connectivity index is 1.94. The third-order valence-corrected chi connectivity index (χ3v) is 3.90. The van der Waals surface area contributed by atoms with Crippen LogP contribution in [-0.4, -0.2) is 37.8 Å². The number of aromatic nitrogens is 1. The number of rotatable bonds is 9. The molecule has 0 bridgehead atoms. The van der Waals surface area contributed by atoms with Crippen molar-refractivity contribution in [2.45, 2.75) is 20.0 Å². The van der Waals surface area contributed by atoms with Crippen LogP contribution in [0.3, 0.4) is 0 Å². The van der Waals surface area contributed by atoms with Crippen LogP contribution in [0.15, 0.2) is 40.1 Å². The highest BCUT2D eigenvalue weighted by atomic mass is 32.1. The van der Waals surface area contributed by atoms with Gasteiger partial charge in [-0.3, -0.25) is 0 Å². The van der Waals surface area contributed by atoms with Gasteiger partial charge in [-0.05, 0) is 35.4 Å². The Kier molecular flexibility index (Phi) is 8.06. The molecule has 0 fully saturated rings. The summed E-state index contributed by atoms with van der Waals surface area (Å²) >= 11 is 1.68. The molecular formula is C17H24N4O2S. The maximum atomic E-state index is 5.65. The van der Waals surface area contributed by atoms with E-state index >= 15 is 0 Å². The van der Waals surface area contributed by atoms with E-state index in [9.17, 15) is 0 Å². The summed E-state index contributed by atoms with van der Waals surface area (Å²) in [7, 11) is 1.65. The molecule has 0 aliphatic carbocycles. The number of nitrogens with zero attached hydrogens (tertiary/aromatic N) is 2. The molecule has 0 amide bonds. The van der Waals surface area contributed by atoms with Crippen LogP contribution in [0, 0.1) is 0 Å². The summed E-state index contributed by atoms with van der Waals surface area (Å²) in [6, 6.07) is 5.97. The lowest BCUT2D eigenvalue weighted by Gasteiger charge is -2.13. The molecule has 0 aliphatic rings. The first-order chi connectivity index (χ1) is 11.8. The standard InChI is InChI=1S/C17H24N4O2S/c1-3-18-17(20-11-14-6-10-24-13-14)21-12-15-5-4-7-19-16(15)23-9-8-22-2/h4-7,10,13H,3,8-9,11-12H2,1-2H3,(H2,18,20,21). The minimum Gasteiger partial charge on any atom is -0.475 e. The van der Waals surface area contributed by atoms with Gasteiger partial charge in [0.05, 0.1) is 13.2 Å². The van der Waals surface area contributed by atoms with Crippen LogP contribution in [0.25, 0.3) is 0 Å². The molecule has 0 aliphatic heterocycles. The summed E-state index contributed by atoms with van der Waals surface area (Å²) in [5.41, 5.74) is 2.19. The molecule has 0 radical (unpaired) electrons. The maximum absolute atomic E-state index is 5.65. The van der Waals surface area contributed by atoms with E-state index < -0.39 is 0 Å². The summed E-state index contributed by atoms with van der Waals surface area (Å²) in [5, 5.41) is 10.7. The summed E-state index contributed by atoms with van der Waals surface area (Å²) in [5.74, 6) is 1.39. The topological polar surface area (TPSA) is 67.8 Å². The molecule has 2 aromatic heterocycles. The van der Waals surface area contributed by atoms with Gasteiger partial charge in [0.1, 0.15) is 6.61 Å². The lowest BCUT2D eigenvalue weighted by Crippen LogP contribution is -2.36. The first kappa shape index (κ1) is 18.2. The average molecular weight is 348 g/mol. The molecule has 2 N–H and O–H groups in total. The third kappa shape index (κ3) is 6.17. The lowest BCUT2D eigenvalue weighted by molar-refractivity contribution is 0.143. The zero-order valence-corrected chi connectivity index (χ0v) is 14.9. The lowest BCUT2D eigenvalue weighted by atomic mass is 10.2. The van der Waals surface area contributed by atoms with Gasteiger partial charge in [-0.25, -0.2) is 9.98 Å². The van der Waals surface area contributed by atoms with Gasteiger partial charge in [0.15, 0.2) is 5.96 Å². The van der Waals surface area contributed by atoms with Gasteiger partial charge in [-0.2, -0.15) is 11.3 Å². The quantitative estimate of drug-likeness (QED) is 0.414. The molecule has 0 spiro atoms. The summed E-state index contributed by atoms with van der Waals surface area (Å²) < 4.78 is 10.7. The summed E-state index contributed by atoms with van der Waals surface area (Å²) in [6.45, 7) is 5.11. The number of methoxy groups -OCH3 is 1. The number of pyridine rings is 1. The largest absolute Gasteiger partial charge is 0.475 e. The van der Waals surface area contributed by atoms with Crippen molar-refractivity contribution >= 4 is 17.3 Å². The Morgan fingerprint density at radius 3 is 2.96 bits per heavy atom. The van der Waals surface area contributed by atoms with Gasteiger partial charge in [0.25, 0.3) is 0 Å². The van der Waals surface area contributed by atoms with Crippen LogP contribution < -0.4 is 15.4 Å². The van der Waals surface area contributed by atoms with Crippen molar-refractivity contribution in [3.05, 3.63) is 46.3 Å². The number of hydrogen-bond donors (Lipinski definition) is 2. The van der Waals surface area contributed by atoms with Crippen molar-refractivity contribution in [3.8, 4) is 5.88 Å². The molecule has 2 rings (SSSR count). The zero-order chi connectivity index (χ0) is 17.0. The van der Waals surface area contributed by atoms with E-state index in [-0.39, 0.29) is 0 Å². The second-order valence-electron chi connectivity index (χ2n) is 4.99. The SMILES string of the molecule is CCNC(=NCc1ccsc1)NCc1cccnc1OCCOC. The molecule has 6 nitrogen and oxygen atoms in total. The van der Waals surface area contributed by atoms with Gasteiger partial charge in [0, 0.05) is 32.0 Å². The number of guanidine groups is 1. The van der Waals surface area contributed by atoms with Crippen LogP contribution in [0.4, 0.5) is 0 Å². The van der Waals surface area contributed by atoms with Gasteiger partial charge >= 0.3 is 0 Å². The molecule has 0 atom stereocenters. The maximum Gasteiger partial charge on any atom is 0.218 e. The second-order valence-corrected chi connectivity index (χ2v) is 5.77. The predicted octanol–water partition coefficient (Wildman–Crippen LogP) is 2.42. The van der Waals surface area contributed by atoms with Crippen molar-refractivity contribution < 1.29 is 9.47 Å². The Labute approximate surface area is 146 Å². The van der Waals surface area contributed by atoms with E-state index in [0.29, 0.717) is 32.2 Å². The van der Waals surface area contributed by atoms with Crippen molar-refractivity contribution in [3.63, 3.8) is 0 Å². The fourth-order valence-corrected chi connectivity index (χ4v) is 2.64. The van der Waals surface area contributed by atoms with Crippen molar-refractivity contribution in [2.24, 2.45) is 4.99 Å². The van der Waals surface area contributed by atoms with Crippen molar-refractivity contribution in [1.82, 2.24) is 15.6 Å². The molecule has 2 heterocycles. The molecule has 0 unspecified atom stereocenters. The predicted molar refractivity (Wildman–Crippen MR) is 97.6 cm³/mol. The van der Waals surface area contributed by atoms with Crippen molar-refractivity contribution in [2.75, 3.05) is 26.9 Å². The Morgan fingerprint density at radius 1 is 1.29 bits per heavy atom. The number of nitrogens with one attached hydrogen (secondary N) is 2. The number of thiophene rings is 1. The van der Waals surface area contributed by atoms with Gasteiger partial charge in [-0.1, -0.05) is 6.07 Å². The van der Waals surface area contributed by atoms with Gasteiger partial charge in [0.2, 0.25) is 5.88 Å². The number of ether oxygens (including phenoxy) is 2. The zero-order valence-electron chi connectivity index (χ0n) is 14.1. The van der Waals surface area contributed by atoms with E-state index in [1.807, 2.05) is 19.1 Å². The molecule has 7 heteroatoms. The minimum atomic E-state index is 0.479. The highest BCUT2D eigenvalue weighted by molar-refractivity contribution is 7.07. The van der Waals surface area contributed by atoms with E-state index in [2.05, 4.69) is 37.4 Å². The number of hydrogen-bond acceptors (Lipinski definition) is 5. The first-order valence-corrected chi connectivity index (χ1v) is 8.86. The van der Waals surface area contributed by atoms with E-state index in [4.69, 9.17) is 9.47 Å². The van der Waals surface area contributed by atoms with Gasteiger partial charge in [-0.15, -0.1) is 0 Å². The normalized spacial score (nSPS) is 11.3. The fourth-order valence-electron chi connectivity index (χ4n) is 1.98. The molecule has 130 valence electrons. The van der Waals surface area contributed by atoms with Gasteiger partial charge < -0.3 is 20.1 Å². The van der Waals surface area contributed by atoms with Crippen molar-refractivity contribution in [1.29, 1.82) is 0 Å². The molecule has 0 saturated heterocycles. The monoisotopic (exact) mass is 348 g/mol. The van der Waals surface area contributed by atoms with Crippen LogP contribution in [0.5, 0.6) is 5.88 Å². The van der Waals surface area contributed by atoms with E-state index in [0.717, 1.165) is 18.1 Å². The highest BCUT2D eigenvalue weighted by Gasteiger charge is 2.06. The molecule has 2 aromatic rings. The fraction of sp³-hybridized carbons (Fsp3) is 0.412. The van der Waals surface area contributed by atoms with Crippen LogP contribution in [0.2, 0.25) is 0 Å². The average Bonchev–Trinajstić information content (AvgIpc) is 3.12. The third-order valence-electron chi connectivity index (χ3n) is 3.17. The molecular weight excluding hydrogens is 324 g/mol. The Hall–Kier alpha value is -2.12. The van der Waals surface area contributed by atoms with Crippen LogP contribution in [0.1, 0.15) is 18.1 Å². The summed E-state index contributed by atoms with van der Waals surface area (Å²) in [6.07, 6.45) is 1.72. The van der Waals surface area contributed by atoms with E-state index in [1.165, 1.54) is 5.56 Å². The Bertz CT molecular complexity index is 617. The number of aliphatic imine (C=N–C) groups is 1. The van der Waals surface area contributed by atoms with E-state index in [1.54, 1.807) is 24.6 Å². The molecule has 24 heavy (non-hydrogen) atoms. The molecule has 0 aromatic carbocycles. The second kappa shape index (κ2) is 10.6. The van der Waals surface area contributed by atoms with Crippen LogP contribution in [-0.2, 0) is 17.8 Å². The Morgan fingerprint density at radius 2 is 2.21 bits per heavy atom. The molecule has 0 saturated carbocycles. The highest BCUT2D eigenvalue weighted by Crippen LogP contribution is 2.14. The smallest absolute Gasteiger partial charge is 0.218 e.